The minimum atomic E-state index is -4.95. The number of hydrogen-bond acceptors (Lipinski definition) is 15. The summed E-state index contributed by atoms with van der Waals surface area (Å²) in [6.45, 7) is 9.52. The molecule has 0 aromatic carbocycles. The van der Waals surface area contributed by atoms with E-state index in [0.717, 1.165) is 115 Å². The number of carbonyl (C=O) groups is 4. The maximum absolute atomic E-state index is 13.0. The number of aliphatic hydroxyl groups is 1. The van der Waals surface area contributed by atoms with Crippen molar-refractivity contribution in [1.29, 1.82) is 0 Å². The van der Waals surface area contributed by atoms with E-state index in [9.17, 15) is 43.2 Å². The molecule has 0 heterocycles. The predicted molar refractivity (Wildman–Crippen MR) is 358 cm³/mol. The van der Waals surface area contributed by atoms with Gasteiger partial charge in [-0.15, -0.1) is 0 Å². The van der Waals surface area contributed by atoms with Crippen molar-refractivity contribution in [2.75, 3.05) is 39.6 Å². The van der Waals surface area contributed by atoms with Gasteiger partial charge in [-0.05, 0) is 37.5 Å². The van der Waals surface area contributed by atoms with Crippen LogP contribution in [-0.4, -0.2) is 96.7 Å². The zero-order valence-electron chi connectivity index (χ0n) is 57.7. The Morgan fingerprint density at radius 3 is 0.764 bits per heavy atom. The summed E-state index contributed by atoms with van der Waals surface area (Å²) in [5.41, 5.74) is 0. The maximum Gasteiger partial charge on any atom is 0.472 e. The van der Waals surface area contributed by atoms with Gasteiger partial charge in [0.05, 0.1) is 26.4 Å². The molecule has 0 aromatic heterocycles. The largest absolute Gasteiger partial charge is 0.472 e. The van der Waals surface area contributed by atoms with Gasteiger partial charge in [-0.1, -0.05) is 305 Å². The number of esters is 4. The fraction of sp³-hybridized carbons (Fsp3) is 0.943. The summed E-state index contributed by atoms with van der Waals surface area (Å²) in [4.78, 5) is 72.4. The zero-order chi connectivity index (χ0) is 65.7. The molecule has 0 saturated carbocycles. The Morgan fingerprint density at radius 1 is 0.303 bits per heavy atom. The molecule has 0 aromatic rings. The Hall–Kier alpha value is -1.94. The van der Waals surface area contributed by atoms with E-state index in [1.165, 1.54) is 161 Å². The average molecular weight is 1310 g/mol. The van der Waals surface area contributed by atoms with Crippen molar-refractivity contribution in [3.05, 3.63) is 0 Å². The Balaban J connectivity index is 5.17. The number of rotatable bonds is 69. The fourth-order valence-corrected chi connectivity index (χ4v) is 12.2. The molecule has 528 valence electrons. The lowest BCUT2D eigenvalue weighted by atomic mass is 10.0. The van der Waals surface area contributed by atoms with Gasteiger partial charge in [0, 0.05) is 25.7 Å². The van der Waals surface area contributed by atoms with Gasteiger partial charge in [-0.25, -0.2) is 9.13 Å². The Kier molecular flexibility index (Phi) is 60.8. The SMILES string of the molecule is CCCCCCCCCCCCC(=O)O[C@H](COC(=O)CCCCCCCCC)COP(=O)(O)OC[C@H](O)COP(=O)(O)OC[C@@H](COC(=O)CCCCCCCCCCCCC(C)C)OC(=O)CCCCCCCCCCCCCCCCCCC(C)C. The molecule has 19 heteroatoms. The third-order valence-corrected chi connectivity index (χ3v) is 18.1. The molecule has 0 aliphatic heterocycles. The van der Waals surface area contributed by atoms with Crippen LogP contribution in [0.2, 0.25) is 0 Å². The van der Waals surface area contributed by atoms with Crippen LogP contribution in [0.5, 0.6) is 0 Å². The number of unbranched alkanes of at least 4 members (excludes halogenated alkanes) is 39. The highest BCUT2D eigenvalue weighted by Gasteiger charge is 2.30. The lowest BCUT2D eigenvalue weighted by Gasteiger charge is -2.21. The van der Waals surface area contributed by atoms with Crippen LogP contribution in [-0.2, 0) is 65.4 Å². The molecule has 3 N–H and O–H groups in total. The minimum absolute atomic E-state index is 0.106. The average Bonchev–Trinajstić information content (AvgIpc) is 3.59. The molecule has 0 spiro atoms. The predicted octanol–water partition coefficient (Wildman–Crippen LogP) is 20.0. The summed E-state index contributed by atoms with van der Waals surface area (Å²) in [7, 11) is -9.89. The van der Waals surface area contributed by atoms with Crippen molar-refractivity contribution < 1.29 is 80.2 Å². The molecule has 0 fully saturated rings. The summed E-state index contributed by atoms with van der Waals surface area (Å²) >= 11 is 0. The van der Waals surface area contributed by atoms with Gasteiger partial charge in [0.25, 0.3) is 0 Å². The third-order valence-electron chi connectivity index (χ3n) is 16.2. The van der Waals surface area contributed by atoms with Crippen LogP contribution in [0.4, 0.5) is 0 Å². The minimum Gasteiger partial charge on any atom is -0.462 e. The van der Waals surface area contributed by atoms with E-state index in [2.05, 4.69) is 41.5 Å². The molecular weight excluding hydrogens is 1170 g/mol. The highest BCUT2D eigenvalue weighted by Crippen LogP contribution is 2.45. The van der Waals surface area contributed by atoms with Crippen LogP contribution in [0.1, 0.15) is 356 Å². The van der Waals surface area contributed by atoms with Gasteiger partial charge in [0.1, 0.15) is 19.3 Å². The molecular formula is C70H136O17P2. The summed E-state index contributed by atoms with van der Waals surface area (Å²) in [5, 5.41) is 10.6. The van der Waals surface area contributed by atoms with Crippen molar-refractivity contribution in [2.45, 2.75) is 374 Å². The van der Waals surface area contributed by atoms with E-state index in [-0.39, 0.29) is 25.7 Å². The molecule has 0 amide bonds. The molecule has 0 radical (unpaired) electrons. The molecule has 0 saturated heterocycles. The molecule has 17 nitrogen and oxygen atoms in total. The van der Waals surface area contributed by atoms with Crippen LogP contribution >= 0.6 is 15.6 Å². The number of aliphatic hydroxyl groups excluding tert-OH is 1. The van der Waals surface area contributed by atoms with E-state index in [4.69, 9.17) is 37.0 Å². The van der Waals surface area contributed by atoms with Crippen LogP contribution in [0, 0.1) is 11.8 Å². The summed E-state index contributed by atoms with van der Waals surface area (Å²) in [6.07, 6.45) is 47.3. The molecule has 0 aliphatic carbocycles. The first kappa shape index (κ1) is 87.1. The number of phosphoric acid groups is 2. The molecule has 0 aliphatic rings. The molecule has 0 bridgehead atoms. The Bertz CT molecular complexity index is 1730. The second kappa shape index (κ2) is 62.2. The van der Waals surface area contributed by atoms with E-state index in [1.54, 1.807) is 0 Å². The quantitative estimate of drug-likeness (QED) is 0.0222. The lowest BCUT2D eigenvalue weighted by Crippen LogP contribution is -2.30. The Labute approximate surface area is 543 Å². The van der Waals surface area contributed by atoms with Crippen molar-refractivity contribution in [2.24, 2.45) is 11.8 Å². The maximum atomic E-state index is 13.0. The Morgan fingerprint density at radius 2 is 0.517 bits per heavy atom. The second-order valence-corrected chi connectivity index (χ2v) is 29.1. The summed E-state index contributed by atoms with van der Waals surface area (Å²) < 4.78 is 68.1. The van der Waals surface area contributed by atoms with Crippen LogP contribution in [0.15, 0.2) is 0 Å². The van der Waals surface area contributed by atoms with Crippen molar-refractivity contribution in [1.82, 2.24) is 0 Å². The van der Waals surface area contributed by atoms with Crippen molar-refractivity contribution >= 4 is 39.5 Å². The first-order valence-electron chi connectivity index (χ1n) is 36.5. The standard InChI is InChI=1S/C70H136O17P2/c1-7-9-11-13-15-16-29-36-42-48-54-69(74)86-65(58-80-67(72)52-46-40-32-14-12-10-8-2)60-84-88(76,77)82-56-64(71)57-83-89(78,79)85-61-66(59-81-68(73)53-47-41-35-30-26-25-28-34-39-45-51-63(5)6)87-70(75)55-49-43-37-31-24-22-20-18-17-19-21-23-27-33-38-44-50-62(3)4/h62-66,71H,7-61H2,1-6H3,(H,76,77)(H,78,79)/t64-,65+,66+/m0/s1. The number of carbonyl (C=O) groups excluding carboxylic acids is 4. The van der Waals surface area contributed by atoms with Gasteiger partial charge in [0.2, 0.25) is 0 Å². The summed E-state index contributed by atoms with van der Waals surface area (Å²) in [6, 6.07) is 0. The number of ether oxygens (including phenoxy) is 4. The van der Waals surface area contributed by atoms with Crippen LogP contribution in [0.25, 0.3) is 0 Å². The first-order chi connectivity index (χ1) is 42.9. The van der Waals surface area contributed by atoms with E-state index in [1.807, 2.05) is 0 Å². The van der Waals surface area contributed by atoms with Gasteiger partial charge in [-0.2, -0.15) is 0 Å². The second-order valence-electron chi connectivity index (χ2n) is 26.2. The highest BCUT2D eigenvalue weighted by atomic mass is 31.2. The van der Waals surface area contributed by atoms with Crippen molar-refractivity contribution in [3.63, 3.8) is 0 Å². The highest BCUT2D eigenvalue weighted by molar-refractivity contribution is 7.47. The van der Waals surface area contributed by atoms with Crippen LogP contribution < -0.4 is 0 Å². The van der Waals surface area contributed by atoms with Gasteiger partial charge in [0.15, 0.2) is 12.2 Å². The summed E-state index contributed by atoms with van der Waals surface area (Å²) in [5.74, 6) is -0.561. The van der Waals surface area contributed by atoms with Gasteiger partial charge in [-0.3, -0.25) is 37.3 Å². The first-order valence-corrected chi connectivity index (χ1v) is 39.5. The van der Waals surface area contributed by atoms with Gasteiger partial charge < -0.3 is 33.8 Å². The topological polar surface area (TPSA) is 237 Å². The lowest BCUT2D eigenvalue weighted by molar-refractivity contribution is -0.161. The molecule has 89 heavy (non-hydrogen) atoms. The smallest absolute Gasteiger partial charge is 0.462 e. The fourth-order valence-electron chi connectivity index (χ4n) is 10.6. The normalized spacial score (nSPS) is 14.1. The molecule has 0 rings (SSSR count). The van der Waals surface area contributed by atoms with E-state index >= 15 is 0 Å². The molecule has 2 unspecified atom stereocenters. The van der Waals surface area contributed by atoms with Crippen LogP contribution in [0.3, 0.4) is 0 Å². The zero-order valence-corrected chi connectivity index (χ0v) is 59.5. The monoisotopic (exact) mass is 1310 g/mol. The van der Waals surface area contributed by atoms with Crippen molar-refractivity contribution in [3.8, 4) is 0 Å². The number of hydrogen-bond donors (Lipinski definition) is 3. The number of phosphoric ester groups is 2. The van der Waals surface area contributed by atoms with Gasteiger partial charge >= 0.3 is 39.5 Å². The van der Waals surface area contributed by atoms with E-state index in [0.29, 0.717) is 25.7 Å². The molecule has 5 atom stereocenters. The van der Waals surface area contributed by atoms with E-state index < -0.39 is 97.5 Å². The third kappa shape index (κ3) is 64.6.